The molecule has 0 fully saturated rings. The van der Waals surface area contributed by atoms with Crippen LogP contribution in [0.2, 0.25) is 0 Å². The van der Waals surface area contributed by atoms with Crippen molar-refractivity contribution in [3.05, 3.63) is 30.1 Å². The highest BCUT2D eigenvalue weighted by atomic mass is 16.6. The zero-order valence-electron chi connectivity index (χ0n) is 15.4. The lowest BCUT2D eigenvalue weighted by Crippen LogP contribution is -2.51. The number of hydrogen-bond acceptors (Lipinski definition) is 4. The van der Waals surface area contributed by atoms with E-state index >= 15 is 0 Å². The fraction of sp³-hybridized carbons (Fsp3) is 0.611. The third-order valence-corrected chi connectivity index (χ3v) is 3.45. The summed E-state index contributed by atoms with van der Waals surface area (Å²) in [4.78, 5) is 28.6. The molecule has 1 rings (SSSR count). The topological polar surface area (TPSA) is 80.3 Å². The molecule has 2 N–H and O–H groups in total. The van der Waals surface area contributed by atoms with Gasteiger partial charge in [0.2, 0.25) is 5.91 Å². The number of aromatic nitrogens is 1. The van der Waals surface area contributed by atoms with Gasteiger partial charge in [0, 0.05) is 12.4 Å². The second-order valence-corrected chi connectivity index (χ2v) is 7.12. The molecule has 24 heavy (non-hydrogen) atoms. The Hall–Kier alpha value is -2.11. The van der Waals surface area contributed by atoms with E-state index in [0.29, 0.717) is 0 Å². The van der Waals surface area contributed by atoms with E-state index in [0.717, 1.165) is 12.0 Å². The van der Waals surface area contributed by atoms with E-state index in [-0.39, 0.29) is 17.9 Å². The molecule has 1 aromatic rings. The highest BCUT2D eigenvalue weighted by molar-refractivity contribution is 5.86. The fourth-order valence-corrected chi connectivity index (χ4v) is 2.25. The van der Waals surface area contributed by atoms with E-state index < -0.39 is 17.7 Å². The minimum Gasteiger partial charge on any atom is -0.444 e. The molecule has 0 aliphatic carbocycles. The average Bonchev–Trinajstić information content (AvgIpc) is 2.48. The van der Waals surface area contributed by atoms with Crippen molar-refractivity contribution >= 4 is 12.0 Å². The Morgan fingerprint density at radius 1 is 1.17 bits per heavy atom. The maximum absolute atomic E-state index is 12.6. The van der Waals surface area contributed by atoms with Crippen LogP contribution in [0, 0.1) is 5.92 Å². The first kappa shape index (κ1) is 19.9. The smallest absolute Gasteiger partial charge is 0.408 e. The molecule has 0 radical (unpaired) electrons. The molecule has 0 saturated heterocycles. The Morgan fingerprint density at radius 3 is 2.21 bits per heavy atom. The van der Waals surface area contributed by atoms with Crippen LogP contribution in [0.3, 0.4) is 0 Å². The molecule has 1 heterocycles. The molecule has 1 aromatic heterocycles. The van der Waals surface area contributed by atoms with Crippen molar-refractivity contribution in [1.29, 1.82) is 0 Å². The van der Waals surface area contributed by atoms with Gasteiger partial charge < -0.3 is 15.4 Å². The quantitative estimate of drug-likeness (QED) is 0.836. The number of alkyl carbamates (subject to hydrolysis) is 1. The number of pyridine rings is 1. The van der Waals surface area contributed by atoms with Gasteiger partial charge in [-0.1, -0.05) is 20.8 Å². The Bertz CT molecular complexity index is 538. The molecule has 0 aromatic carbocycles. The van der Waals surface area contributed by atoms with Crippen LogP contribution >= 0.6 is 0 Å². The van der Waals surface area contributed by atoms with Crippen molar-refractivity contribution in [2.75, 3.05) is 0 Å². The van der Waals surface area contributed by atoms with Crippen LogP contribution in [0.15, 0.2) is 24.5 Å². The van der Waals surface area contributed by atoms with Crippen molar-refractivity contribution < 1.29 is 14.3 Å². The van der Waals surface area contributed by atoms with Crippen molar-refractivity contribution in [3.8, 4) is 0 Å². The molecule has 0 unspecified atom stereocenters. The molecular formula is C18H29N3O3. The van der Waals surface area contributed by atoms with E-state index in [1.807, 2.05) is 32.9 Å². The standard InChI is InChI=1S/C18H29N3O3/c1-7-14(13-8-10-19-11-9-13)20-16(22)15(12(2)3)21-17(23)24-18(4,5)6/h8-12,14-15H,7H2,1-6H3,(H,20,22)(H,21,23)/t14-,15+/m0/s1. The van der Waals surface area contributed by atoms with Crippen LogP contribution in [-0.4, -0.2) is 28.6 Å². The summed E-state index contributed by atoms with van der Waals surface area (Å²) in [6, 6.07) is 2.97. The van der Waals surface area contributed by atoms with E-state index in [4.69, 9.17) is 4.74 Å². The van der Waals surface area contributed by atoms with Gasteiger partial charge in [0.15, 0.2) is 0 Å². The summed E-state index contributed by atoms with van der Waals surface area (Å²) in [5, 5.41) is 5.66. The van der Waals surface area contributed by atoms with Gasteiger partial charge in [-0.15, -0.1) is 0 Å². The van der Waals surface area contributed by atoms with Crippen LogP contribution in [0.1, 0.15) is 59.6 Å². The van der Waals surface area contributed by atoms with Crippen molar-refractivity contribution in [2.24, 2.45) is 5.92 Å². The number of hydrogen-bond donors (Lipinski definition) is 2. The molecular weight excluding hydrogens is 306 g/mol. The maximum Gasteiger partial charge on any atom is 0.408 e. The van der Waals surface area contributed by atoms with Gasteiger partial charge in [-0.05, 0) is 50.8 Å². The number of nitrogens with zero attached hydrogens (tertiary/aromatic N) is 1. The third-order valence-electron chi connectivity index (χ3n) is 3.45. The summed E-state index contributed by atoms with van der Waals surface area (Å²) in [6.07, 6.45) is 3.55. The molecule has 134 valence electrons. The number of rotatable bonds is 6. The number of nitrogens with one attached hydrogen (secondary N) is 2. The lowest BCUT2D eigenvalue weighted by atomic mass is 10.0. The SMILES string of the molecule is CC[C@H](NC(=O)[C@H](NC(=O)OC(C)(C)C)C(C)C)c1ccncc1. The van der Waals surface area contributed by atoms with Gasteiger partial charge in [0.1, 0.15) is 11.6 Å². The van der Waals surface area contributed by atoms with Crippen LogP contribution in [0.4, 0.5) is 4.79 Å². The molecule has 0 spiro atoms. The lowest BCUT2D eigenvalue weighted by molar-refractivity contribution is -0.125. The van der Waals surface area contributed by atoms with Crippen LogP contribution in [0.5, 0.6) is 0 Å². The first-order valence-corrected chi connectivity index (χ1v) is 8.34. The minimum absolute atomic E-state index is 0.0625. The zero-order chi connectivity index (χ0) is 18.3. The molecule has 2 amide bonds. The summed E-state index contributed by atoms with van der Waals surface area (Å²) >= 11 is 0. The summed E-state index contributed by atoms with van der Waals surface area (Å²) < 4.78 is 5.25. The second kappa shape index (κ2) is 8.66. The highest BCUT2D eigenvalue weighted by Crippen LogP contribution is 2.16. The van der Waals surface area contributed by atoms with Gasteiger partial charge in [-0.3, -0.25) is 9.78 Å². The second-order valence-electron chi connectivity index (χ2n) is 7.12. The number of ether oxygens (including phenoxy) is 1. The largest absolute Gasteiger partial charge is 0.444 e. The summed E-state index contributed by atoms with van der Waals surface area (Å²) in [5.41, 5.74) is 0.381. The summed E-state index contributed by atoms with van der Waals surface area (Å²) in [5.74, 6) is -0.285. The predicted octanol–water partition coefficient (Wildman–Crippen LogP) is 3.20. The zero-order valence-corrected chi connectivity index (χ0v) is 15.4. The molecule has 0 bridgehead atoms. The maximum atomic E-state index is 12.6. The van der Waals surface area contributed by atoms with Crippen molar-refractivity contribution in [2.45, 2.75) is 65.6 Å². The van der Waals surface area contributed by atoms with Crippen LogP contribution < -0.4 is 10.6 Å². The van der Waals surface area contributed by atoms with Gasteiger partial charge in [0.05, 0.1) is 6.04 Å². The first-order chi connectivity index (χ1) is 11.1. The fourth-order valence-electron chi connectivity index (χ4n) is 2.25. The van der Waals surface area contributed by atoms with Crippen LogP contribution in [0.25, 0.3) is 0 Å². The Kier molecular flexibility index (Phi) is 7.19. The number of carbonyl (C=O) groups excluding carboxylic acids is 2. The predicted molar refractivity (Wildman–Crippen MR) is 93.4 cm³/mol. The number of carbonyl (C=O) groups is 2. The summed E-state index contributed by atoms with van der Waals surface area (Å²) in [6.45, 7) is 11.1. The highest BCUT2D eigenvalue weighted by Gasteiger charge is 2.28. The lowest BCUT2D eigenvalue weighted by Gasteiger charge is -2.27. The molecule has 0 aliphatic rings. The number of amides is 2. The van der Waals surface area contributed by atoms with E-state index in [1.54, 1.807) is 33.2 Å². The van der Waals surface area contributed by atoms with Crippen molar-refractivity contribution in [3.63, 3.8) is 0 Å². The minimum atomic E-state index is -0.657. The normalized spacial score (nSPS) is 14.0. The molecule has 2 atom stereocenters. The average molecular weight is 335 g/mol. The molecule has 0 aliphatic heterocycles. The molecule has 0 saturated carbocycles. The Balaban J connectivity index is 2.77. The van der Waals surface area contributed by atoms with Crippen LogP contribution in [-0.2, 0) is 9.53 Å². The Labute approximate surface area is 144 Å². The van der Waals surface area contributed by atoms with E-state index in [1.165, 1.54) is 0 Å². The van der Waals surface area contributed by atoms with Gasteiger partial charge in [-0.2, -0.15) is 0 Å². The summed E-state index contributed by atoms with van der Waals surface area (Å²) in [7, 11) is 0. The Morgan fingerprint density at radius 2 is 1.75 bits per heavy atom. The molecule has 6 heteroatoms. The van der Waals surface area contributed by atoms with Gasteiger partial charge >= 0.3 is 6.09 Å². The van der Waals surface area contributed by atoms with Crippen molar-refractivity contribution in [1.82, 2.24) is 15.6 Å². The first-order valence-electron chi connectivity index (χ1n) is 8.34. The van der Waals surface area contributed by atoms with E-state index in [9.17, 15) is 9.59 Å². The molecule has 6 nitrogen and oxygen atoms in total. The van der Waals surface area contributed by atoms with Gasteiger partial charge in [0.25, 0.3) is 0 Å². The monoisotopic (exact) mass is 335 g/mol. The third kappa shape index (κ3) is 6.56. The van der Waals surface area contributed by atoms with E-state index in [2.05, 4.69) is 15.6 Å². The van der Waals surface area contributed by atoms with Gasteiger partial charge in [-0.25, -0.2) is 4.79 Å².